The van der Waals surface area contributed by atoms with Gasteiger partial charge in [-0.15, -0.1) is 11.8 Å². The SMILES string of the molecule is CCNc1ncnc(SCCN(C)C)c1CC. The van der Waals surface area contributed by atoms with Gasteiger partial charge in [0, 0.05) is 24.4 Å². The molecule has 1 aromatic heterocycles. The molecule has 4 nitrogen and oxygen atoms in total. The zero-order valence-electron chi connectivity index (χ0n) is 11.2. The Kier molecular flexibility index (Phi) is 6.29. The Morgan fingerprint density at radius 3 is 2.65 bits per heavy atom. The van der Waals surface area contributed by atoms with Gasteiger partial charge in [0.1, 0.15) is 17.2 Å². The summed E-state index contributed by atoms with van der Waals surface area (Å²) in [6, 6.07) is 0. The van der Waals surface area contributed by atoms with Crippen LogP contribution in [0.3, 0.4) is 0 Å². The monoisotopic (exact) mass is 254 g/mol. The van der Waals surface area contributed by atoms with E-state index >= 15 is 0 Å². The molecule has 0 aliphatic heterocycles. The molecule has 0 radical (unpaired) electrons. The third-order valence-electron chi connectivity index (χ3n) is 2.38. The van der Waals surface area contributed by atoms with Crippen molar-refractivity contribution in [1.82, 2.24) is 14.9 Å². The van der Waals surface area contributed by atoms with Crippen molar-refractivity contribution < 1.29 is 0 Å². The predicted octanol–water partition coefficient (Wildman–Crippen LogP) is 2.12. The molecule has 0 atom stereocenters. The fourth-order valence-corrected chi connectivity index (χ4v) is 2.67. The van der Waals surface area contributed by atoms with Gasteiger partial charge >= 0.3 is 0 Å². The Labute approximate surface area is 108 Å². The molecule has 0 saturated carbocycles. The maximum atomic E-state index is 4.38. The van der Waals surface area contributed by atoms with Gasteiger partial charge in [-0.1, -0.05) is 6.92 Å². The molecule has 0 aromatic carbocycles. The summed E-state index contributed by atoms with van der Waals surface area (Å²) in [5.74, 6) is 2.04. The Morgan fingerprint density at radius 1 is 1.29 bits per heavy atom. The molecule has 0 aliphatic carbocycles. The minimum Gasteiger partial charge on any atom is -0.370 e. The highest BCUT2D eigenvalue weighted by Gasteiger charge is 2.09. The molecule has 1 aromatic rings. The van der Waals surface area contributed by atoms with Crippen molar-refractivity contribution in [2.45, 2.75) is 25.3 Å². The van der Waals surface area contributed by atoms with Crippen molar-refractivity contribution in [3.8, 4) is 0 Å². The van der Waals surface area contributed by atoms with Crippen LogP contribution in [0, 0.1) is 0 Å². The maximum Gasteiger partial charge on any atom is 0.133 e. The molecule has 5 heteroatoms. The van der Waals surface area contributed by atoms with E-state index < -0.39 is 0 Å². The van der Waals surface area contributed by atoms with Crippen molar-refractivity contribution in [3.05, 3.63) is 11.9 Å². The third-order valence-corrected chi connectivity index (χ3v) is 3.39. The second kappa shape index (κ2) is 7.50. The van der Waals surface area contributed by atoms with Gasteiger partial charge in [-0.25, -0.2) is 9.97 Å². The average molecular weight is 254 g/mol. The van der Waals surface area contributed by atoms with Crippen molar-refractivity contribution in [1.29, 1.82) is 0 Å². The van der Waals surface area contributed by atoms with Gasteiger partial charge in [-0.05, 0) is 27.4 Å². The first-order chi connectivity index (χ1) is 8.19. The van der Waals surface area contributed by atoms with E-state index in [-0.39, 0.29) is 0 Å². The van der Waals surface area contributed by atoms with Crippen LogP contribution >= 0.6 is 11.8 Å². The molecule has 0 aliphatic rings. The Morgan fingerprint density at radius 2 is 2.06 bits per heavy atom. The lowest BCUT2D eigenvalue weighted by atomic mass is 10.2. The standard InChI is InChI=1S/C12H22N4S/c1-5-10-11(13-6-2)14-9-15-12(10)17-8-7-16(3)4/h9H,5-8H2,1-4H3,(H,13,14,15). The molecule has 0 unspecified atom stereocenters. The summed E-state index contributed by atoms with van der Waals surface area (Å²) < 4.78 is 0. The maximum absolute atomic E-state index is 4.38. The minimum atomic E-state index is 0.895. The van der Waals surface area contributed by atoms with Gasteiger partial charge < -0.3 is 10.2 Å². The van der Waals surface area contributed by atoms with Gasteiger partial charge in [0.25, 0.3) is 0 Å². The molecular weight excluding hydrogens is 232 g/mol. The number of aromatic nitrogens is 2. The van der Waals surface area contributed by atoms with E-state index in [9.17, 15) is 0 Å². The second-order valence-corrected chi connectivity index (χ2v) is 5.13. The van der Waals surface area contributed by atoms with Gasteiger partial charge in [-0.2, -0.15) is 0 Å². The molecule has 0 amide bonds. The summed E-state index contributed by atoms with van der Waals surface area (Å²) in [5, 5.41) is 4.40. The van der Waals surface area contributed by atoms with Gasteiger partial charge in [0.15, 0.2) is 0 Å². The van der Waals surface area contributed by atoms with E-state index in [0.29, 0.717) is 0 Å². The van der Waals surface area contributed by atoms with E-state index in [2.05, 4.69) is 48.1 Å². The summed E-state index contributed by atoms with van der Waals surface area (Å²) >= 11 is 1.81. The van der Waals surface area contributed by atoms with Crippen LogP contribution in [0.25, 0.3) is 0 Å². The average Bonchev–Trinajstić information content (AvgIpc) is 2.29. The molecule has 1 N–H and O–H groups in total. The van der Waals surface area contributed by atoms with E-state index in [1.807, 2.05) is 11.8 Å². The zero-order valence-corrected chi connectivity index (χ0v) is 12.0. The number of anilines is 1. The highest BCUT2D eigenvalue weighted by atomic mass is 32.2. The fraction of sp³-hybridized carbons (Fsp3) is 0.667. The van der Waals surface area contributed by atoms with Gasteiger partial charge in [0.2, 0.25) is 0 Å². The topological polar surface area (TPSA) is 41.1 Å². The van der Waals surface area contributed by atoms with Gasteiger partial charge in [0.05, 0.1) is 0 Å². The molecule has 96 valence electrons. The fourth-order valence-electron chi connectivity index (χ4n) is 1.48. The predicted molar refractivity (Wildman–Crippen MR) is 74.9 cm³/mol. The molecule has 1 rings (SSSR count). The lowest BCUT2D eigenvalue weighted by molar-refractivity contribution is 0.437. The minimum absolute atomic E-state index is 0.895. The lowest BCUT2D eigenvalue weighted by Gasteiger charge is -2.13. The van der Waals surface area contributed by atoms with Crippen LogP contribution in [0.5, 0.6) is 0 Å². The smallest absolute Gasteiger partial charge is 0.133 e. The molecule has 0 bridgehead atoms. The number of rotatable bonds is 7. The Bertz CT molecular complexity index is 341. The van der Waals surface area contributed by atoms with Crippen LogP contribution in [0.4, 0.5) is 5.82 Å². The van der Waals surface area contributed by atoms with Crippen LogP contribution in [0.2, 0.25) is 0 Å². The number of hydrogen-bond acceptors (Lipinski definition) is 5. The molecule has 0 saturated heterocycles. The van der Waals surface area contributed by atoms with E-state index in [1.54, 1.807) is 6.33 Å². The molecular formula is C12H22N4S. The largest absolute Gasteiger partial charge is 0.370 e. The summed E-state index contributed by atoms with van der Waals surface area (Å²) in [6.45, 7) is 6.19. The van der Waals surface area contributed by atoms with Crippen LogP contribution < -0.4 is 5.32 Å². The third kappa shape index (κ3) is 4.52. The highest BCUT2D eigenvalue weighted by Crippen LogP contribution is 2.25. The molecule has 0 fully saturated rings. The quantitative estimate of drug-likeness (QED) is 0.596. The lowest BCUT2D eigenvalue weighted by Crippen LogP contribution is -2.15. The number of nitrogens with one attached hydrogen (secondary N) is 1. The van der Waals surface area contributed by atoms with Gasteiger partial charge in [-0.3, -0.25) is 0 Å². The van der Waals surface area contributed by atoms with Crippen molar-refractivity contribution in [2.24, 2.45) is 0 Å². The number of nitrogens with zero attached hydrogens (tertiary/aromatic N) is 3. The summed E-state index contributed by atoms with van der Waals surface area (Å²) in [5.41, 5.74) is 1.23. The van der Waals surface area contributed by atoms with Crippen LogP contribution in [0.1, 0.15) is 19.4 Å². The highest BCUT2D eigenvalue weighted by molar-refractivity contribution is 7.99. The first kappa shape index (κ1) is 14.3. The summed E-state index contributed by atoms with van der Waals surface area (Å²) in [7, 11) is 4.18. The van der Waals surface area contributed by atoms with E-state index in [4.69, 9.17) is 0 Å². The number of hydrogen-bond donors (Lipinski definition) is 1. The Balaban J connectivity index is 2.73. The van der Waals surface area contributed by atoms with E-state index in [0.717, 1.165) is 36.1 Å². The molecule has 17 heavy (non-hydrogen) atoms. The number of thioether (sulfide) groups is 1. The summed E-state index contributed by atoms with van der Waals surface area (Å²) in [6.07, 6.45) is 2.61. The van der Waals surface area contributed by atoms with Crippen LogP contribution in [-0.2, 0) is 6.42 Å². The first-order valence-electron chi connectivity index (χ1n) is 6.04. The summed E-state index contributed by atoms with van der Waals surface area (Å²) in [4.78, 5) is 10.9. The van der Waals surface area contributed by atoms with E-state index in [1.165, 1.54) is 5.56 Å². The van der Waals surface area contributed by atoms with Crippen molar-refractivity contribution in [2.75, 3.05) is 38.3 Å². The first-order valence-corrected chi connectivity index (χ1v) is 7.02. The molecule has 0 spiro atoms. The van der Waals surface area contributed by atoms with Crippen molar-refractivity contribution >= 4 is 17.6 Å². The van der Waals surface area contributed by atoms with Crippen LogP contribution in [-0.4, -0.2) is 47.8 Å². The van der Waals surface area contributed by atoms with Crippen LogP contribution in [0.15, 0.2) is 11.4 Å². The second-order valence-electron chi connectivity index (χ2n) is 4.04. The van der Waals surface area contributed by atoms with Crippen molar-refractivity contribution in [3.63, 3.8) is 0 Å². The molecule has 1 heterocycles. The normalized spacial score (nSPS) is 10.9. The Hall–Kier alpha value is -0.810. The zero-order chi connectivity index (χ0) is 12.7.